The molecule has 0 spiro atoms. The zero-order valence-electron chi connectivity index (χ0n) is 10.5. The van der Waals surface area contributed by atoms with Crippen LogP contribution in [0.4, 0.5) is 11.8 Å². The van der Waals surface area contributed by atoms with Crippen molar-refractivity contribution in [2.75, 3.05) is 30.8 Å². The summed E-state index contributed by atoms with van der Waals surface area (Å²) in [4.78, 5) is 8.37. The van der Waals surface area contributed by atoms with Gasteiger partial charge in [-0.05, 0) is 12.1 Å². The predicted molar refractivity (Wildman–Crippen MR) is 72.8 cm³/mol. The molecule has 1 aliphatic rings. The van der Waals surface area contributed by atoms with Gasteiger partial charge in [-0.1, -0.05) is 12.1 Å². The molecule has 1 atom stereocenters. The normalized spacial score (nSPS) is 22.8. The Hall–Kier alpha value is -1.92. The van der Waals surface area contributed by atoms with Crippen molar-refractivity contribution in [1.82, 2.24) is 9.97 Å². The number of hydrogen-bond donors (Lipinski definition) is 3. The van der Waals surface area contributed by atoms with E-state index in [4.69, 9.17) is 10.5 Å². The van der Waals surface area contributed by atoms with E-state index in [9.17, 15) is 5.11 Å². The molecule has 6 nitrogen and oxygen atoms in total. The molecule has 1 fully saturated rings. The third-order valence-corrected chi connectivity index (χ3v) is 3.29. The van der Waals surface area contributed by atoms with Gasteiger partial charge in [-0.15, -0.1) is 0 Å². The van der Waals surface area contributed by atoms with Crippen LogP contribution in [0, 0.1) is 0 Å². The SMILES string of the molecule is Nc1nc(NCC2(O)CCOC2)c2ccccc2n1. The smallest absolute Gasteiger partial charge is 0.222 e. The standard InChI is InChI=1S/C13H16N4O2/c14-12-16-10-4-2-1-3-9(10)11(17-12)15-7-13(18)5-6-19-8-13/h1-4,18H,5-8H2,(H3,14,15,16,17). The van der Waals surface area contributed by atoms with Crippen LogP contribution >= 0.6 is 0 Å². The largest absolute Gasteiger partial charge is 0.386 e. The number of benzene rings is 1. The summed E-state index contributed by atoms with van der Waals surface area (Å²) in [5.74, 6) is 0.860. The van der Waals surface area contributed by atoms with E-state index in [1.54, 1.807) is 0 Å². The molecule has 0 saturated carbocycles. The van der Waals surface area contributed by atoms with Crippen LogP contribution in [0.5, 0.6) is 0 Å². The van der Waals surface area contributed by atoms with Crippen LogP contribution in [0.25, 0.3) is 10.9 Å². The van der Waals surface area contributed by atoms with E-state index in [2.05, 4.69) is 15.3 Å². The molecule has 1 saturated heterocycles. The molecule has 1 aromatic heterocycles. The van der Waals surface area contributed by atoms with Crippen molar-refractivity contribution in [3.05, 3.63) is 24.3 Å². The van der Waals surface area contributed by atoms with E-state index < -0.39 is 5.60 Å². The highest BCUT2D eigenvalue weighted by molar-refractivity contribution is 5.89. The Bertz CT molecular complexity index is 596. The number of nitrogens with two attached hydrogens (primary N) is 1. The van der Waals surface area contributed by atoms with Gasteiger partial charge in [-0.25, -0.2) is 4.98 Å². The molecule has 0 bridgehead atoms. The molecule has 3 rings (SSSR count). The lowest BCUT2D eigenvalue weighted by Crippen LogP contribution is -2.37. The van der Waals surface area contributed by atoms with Gasteiger partial charge < -0.3 is 20.9 Å². The summed E-state index contributed by atoms with van der Waals surface area (Å²) >= 11 is 0. The Kier molecular flexibility index (Phi) is 2.96. The first-order valence-electron chi connectivity index (χ1n) is 6.23. The van der Waals surface area contributed by atoms with Gasteiger partial charge in [0.05, 0.1) is 12.1 Å². The predicted octanol–water partition coefficient (Wildman–Crippen LogP) is 0.775. The Labute approximate surface area is 110 Å². The molecule has 1 aromatic carbocycles. The molecule has 0 aliphatic carbocycles. The fourth-order valence-electron chi connectivity index (χ4n) is 2.21. The van der Waals surface area contributed by atoms with Gasteiger partial charge in [0.2, 0.25) is 5.95 Å². The van der Waals surface area contributed by atoms with Gasteiger partial charge in [0, 0.05) is 25.0 Å². The summed E-state index contributed by atoms with van der Waals surface area (Å²) < 4.78 is 5.21. The highest BCUT2D eigenvalue weighted by atomic mass is 16.5. The van der Waals surface area contributed by atoms with E-state index in [-0.39, 0.29) is 5.95 Å². The first kappa shape index (κ1) is 12.1. The second-order valence-electron chi connectivity index (χ2n) is 4.83. The summed E-state index contributed by atoms with van der Waals surface area (Å²) in [6.45, 7) is 1.32. The maximum Gasteiger partial charge on any atom is 0.222 e. The van der Waals surface area contributed by atoms with Gasteiger partial charge in [0.25, 0.3) is 0 Å². The average Bonchev–Trinajstić information content (AvgIpc) is 2.83. The van der Waals surface area contributed by atoms with Crippen molar-refractivity contribution in [3.63, 3.8) is 0 Å². The molecule has 0 amide bonds. The first-order valence-corrected chi connectivity index (χ1v) is 6.23. The Balaban J connectivity index is 1.87. The minimum absolute atomic E-state index is 0.218. The number of rotatable bonds is 3. The number of nitrogens with one attached hydrogen (secondary N) is 1. The Morgan fingerprint density at radius 2 is 2.21 bits per heavy atom. The van der Waals surface area contributed by atoms with Crippen molar-refractivity contribution in [3.8, 4) is 0 Å². The molecular weight excluding hydrogens is 244 g/mol. The Morgan fingerprint density at radius 1 is 1.37 bits per heavy atom. The lowest BCUT2D eigenvalue weighted by Gasteiger charge is -2.21. The summed E-state index contributed by atoms with van der Waals surface area (Å²) in [7, 11) is 0. The zero-order chi connectivity index (χ0) is 13.3. The molecule has 2 heterocycles. The molecule has 6 heteroatoms. The quantitative estimate of drug-likeness (QED) is 0.755. The van der Waals surface area contributed by atoms with E-state index in [1.807, 2.05) is 24.3 Å². The van der Waals surface area contributed by atoms with E-state index in [0.29, 0.717) is 32.0 Å². The number of aromatic nitrogens is 2. The van der Waals surface area contributed by atoms with Crippen LogP contribution in [-0.4, -0.2) is 40.4 Å². The lowest BCUT2D eigenvalue weighted by atomic mass is 10.0. The maximum atomic E-state index is 10.2. The Morgan fingerprint density at radius 3 is 3.00 bits per heavy atom. The van der Waals surface area contributed by atoms with Crippen molar-refractivity contribution < 1.29 is 9.84 Å². The van der Waals surface area contributed by atoms with Gasteiger partial charge in [-0.3, -0.25) is 0 Å². The van der Waals surface area contributed by atoms with Gasteiger partial charge in [0.1, 0.15) is 11.4 Å². The minimum Gasteiger partial charge on any atom is -0.386 e. The molecule has 1 aliphatic heterocycles. The molecule has 1 unspecified atom stereocenters. The molecule has 19 heavy (non-hydrogen) atoms. The second kappa shape index (κ2) is 4.64. The highest BCUT2D eigenvalue weighted by Gasteiger charge is 2.32. The molecule has 2 aromatic rings. The zero-order valence-corrected chi connectivity index (χ0v) is 10.5. The fraction of sp³-hybridized carbons (Fsp3) is 0.385. The second-order valence-corrected chi connectivity index (χ2v) is 4.83. The van der Waals surface area contributed by atoms with Crippen LogP contribution in [0.2, 0.25) is 0 Å². The fourth-order valence-corrected chi connectivity index (χ4v) is 2.21. The monoisotopic (exact) mass is 260 g/mol. The van der Waals surface area contributed by atoms with E-state index >= 15 is 0 Å². The number of ether oxygens (including phenoxy) is 1. The molecule has 100 valence electrons. The maximum absolute atomic E-state index is 10.2. The van der Waals surface area contributed by atoms with Crippen LogP contribution in [0.3, 0.4) is 0 Å². The van der Waals surface area contributed by atoms with Crippen LogP contribution in [-0.2, 0) is 4.74 Å². The summed E-state index contributed by atoms with van der Waals surface area (Å²) in [5, 5.41) is 14.3. The molecule has 0 radical (unpaired) electrons. The number of para-hydroxylation sites is 1. The van der Waals surface area contributed by atoms with Crippen molar-refractivity contribution in [2.24, 2.45) is 0 Å². The third kappa shape index (κ3) is 2.45. The highest BCUT2D eigenvalue weighted by Crippen LogP contribution is 2.23. The van der Waals surface area contributed by atoms with E-state index in [1.165, 1.54) is 0 Å². The van der Waals surface area contributed by atoms with Crippen LogP contribution in [0.15, 0.2) is 24.3 Å². The van der Waals surface area contributed by atoms with Gasteiger partial charge in [-0.2, -0.15) is 4.98 Å². The van der Waals surface area contributed by atoms with Crippen LogP contribution < -0.4 is 11.1 Å². The number of nitrogens with zero attached hydrogens (tertiary/aromatic N) is 2. The average molecular weight is 260 g/mol. The first-order chi connectivity index (χ1) is 9.16. The van der Waals surface area contributed by atoms with Crippen molar-refractivity contribution >= 4 is 22.7 Å². The van der Waals surface area contributed by atoms with Crippen molar-refractivity contribution in [2.45, 2.75) is 12.0 Å². The van der Waals surface area contributed by atoms with E-state index in [0.717, 1.165) is 10.9 Å². The number of hydrogen-bond acceptors (Lipinski definition) is 6. The number of aliphatic hydroxyl groups is 1. The summed E-state index contributed by atoms with van der Waals surface area (Å²) in [6, 6.07) is 7.62. The number of nitrogen functional groups attached to an aromatic ring is 1. The summed E-state index contributed by atoms with van der Waals surface area (Å²) in [5.41, 5.74) is 5.64. The lowest BCUT2D eigenvalue weighted by molar-refractivity contribution is 0.0381. The molecular formula is C13H16N4O2. The topological polar surface area (TPSA) is 93.3 Å². The van der Waals surface area contributed by atoms with Crippen LogP contribution in [0.1, 0.15) is 6.42 Å². The number of anilines is 2. The van der Waals surface area contributed by atoms with Gasteiger partial charge in [0.15, 0.2) is 0 Å². The summed E-state index contributed by atoms with van der Waals surface area (Å²) in [6.07, 6.45) is 0.624. The van der Waals surface area contributed by atoms with Crippen molar-refractivity contribution in [1.29, 1.82) is 0 Å². The third-order valence-electron chi connectivity index (χ3n) is 3.29. The van der Waals surface area contributed by atoms with Gasteiger partial charge >= 0.3 is 0 Å². The minimum atomic E-state index is -0.833. The molecule has 4 N–H and O–H groups in total. The number of fused-ring (bicyclic) bond motifs is 1.